The van der Waals surface area contributed by atoms with Gasteiger partial charge in [0.25, 0.3) is 0 Å². The van der Waals surface area contributed by atoms with Gasteiger partial charge in [0.05, 0.1) is 0 Å². The van der Waals surface area contributed by atoms with E-state index < -0.39 is 6.61 Å². The average Bonchev–Trinajstić information content (AvgIpc) is 3.07. The molecule has 0 aliphatic carbocycles. The number of furan rings is 1. The highest BCUT2D eigenvalue weighted by molar-refractivity contribution is 5.92. The number of hydrogen-bond donors (Lipinski definition) is 1. The maximum Gasteiger partial charge on any atom is 0.387 e. The first kappa shape index (κ1) is 16.0. The number of alkyl halides is 2. The van der Waals surface area contributed by atoms with Gasteiger partial charge in [0, 0.05) is 41.2 Å². The zero-order valence-electron chi connectivity index (χ0n) is 13.3. The molecule has 26 heavy (non-hydrogen) atoms. The van der Waals surface area contributed by atoms with E-state index in [2.05, 4.69) is 14.7 Å². The zero-order valence-corrected chi connectivity index (χ0v) is 13.3. The maximum absolute atomic E-state index is 12.2. The number of benzene rings is 1. The lowest BCUT2D eigenvalue weighted by molar-refractivity contribution is -0.0498. The summed E-state index contributed by atoms with van der Waals surface area (Å²) in [6.07, 6.45) is 3.20. The lowest BCUT2D eigenvalue weighted by atomic mass is 10.1. The average molecular weight is 354 g/mol. The smallest absolute Gasteiger partial charge is 0.387 e. The number of pyridine rings is 2. The van der Waals surface area contributed by atoms with Gasteiger partial charge < -0.3 is 14.3 Å². The fourth-order valence-corrected chi connectivity index (χ4v) is 2.65. The van der Waals surface area contributed by atoms with Gasteiger partial charge in [-0.1, -0.05) is 0 Å². The van der Waals surface area contributed by atoms with Crippen molar-refractivity contribution in [2.75, 3.05) is 0 Å². The second-order valence-electron chi connectivity index (χ2n) is 5.49. The highest BCUT2D eigenvalue weighted by Crippen LogP contribution is 2.34. The summed E-state index contributed by atoms with van der Waals surface area (Å²) in [4.78, 5) is 8.18. The molecular weight excluding hydrogens is 342 g/mol. The van der Waals surface area contributed by atoms with Crippen LogP contribution in [-0.2, 0) is 0 Å². The molecule has 4 aromatic rings. The minimum atomic E-state index is -2.86. The van der Waals surface area contributed by atoms with Gasteiger partial charge in [-0.3, -0.25) is 4.98 Å². The summed E-state index contributed by atoms with van der Waals surface area (Å²) in [7, 11) is 0. The minimum absolute atomic E-state index is 0.0645. The van der Waals surface area contributed by atoms with Crippen molar-refractivity contribution in [3.05, 3.63) is 60.9 Å². The first-order valence-corrected chi connectivity index (χ1v) is 7.69. The van der Waals surface area contributed by atoms with Gasteiger partial charge in [0.1, 0.15) is 17.0 Å². The van der Waals surface area contributed by atoms with E-state index >= 15 is 0 Å². The molecule has 0 fully saturated rings. The normalized spacial score (nSPS) is 11.2. The van der Waals surface area contributed by atoms with Gasteiger partial charge in [-0.2, -0.15) is 8.78 Å². The summed E-state index contributed by atoms with van der Waals surface area (Å²) in [5.41, 5.74) is 3.49. The fraction of sp³-hybridized carbons (Fsp3) is 0.0526. The van der Waals surface area contributed by atoms with E-state index in [0.717, 1.165) is 11.1 Å². The van der Waals surface area contributed by atoms with Crippen molar-refractivity contribution < 1.29 is 23.0 Å². The Morgan fingerprint density at radius 1 is 0.962 bits per heavy atom. The second kappa shape index (κ2) is 6.44. The van der Waals surface area contributed by atoms with Crippen LogP contribution in [0.5, 0.6) is 11.6 Å². The van der Waals surface area contributed by atoms with E-state index in [1.807, 2.05) is 0 Å². The van der Waals surface area contributed by atoms with Crippen molar-refractivity contribution in [2.45, 2.75) is 6.61 Å². The number of aromatic hydroxyl groups is 1. The van der Waals surface area contributed by atoms with Crippen molar-refractivity contribution in [3.63, 3.8) is 0 Å². The van der Waals surface area contributed by atoms with Gasteiger partial charge in [-0.05, 0) is 36.4 Å². The highest BCUT2D eigenvalue weighted by Gasteiger charge is 2.13. The number of fused-ring (bicyclic) bond motifs is 1. The third-order valence-corrected chi connectivity index (χ3v) is 3.83. The Hall–Kier alpha value is -3.48. The molecule has 7 heteroatoms. The predicted octanol–water partition coefficient (Wildman–Crippen LogP) is 4.86. The van der Waals surface area contributed by atoms with Gasteiger partial charge in [-0.15, -0.1) is 0 Å². The fourth-order valence-electron chi connectivity index (χ4n) is 2.65. The molecule has 0 aliphatic heterocycles. The third kappa shape index (κ3) is 3.06. The molecule has 3 aromatic heterocycles. The van der Waals surface area contributed by atoms with Crippen molar-refractivity contribution >= 4 is 11.1 Å². The molecule has 1 aromatic carbocycles. The Balaban J connectivity index is 1.74. The van der Waals surface area contributed by atoms with Crippen molar-refractivity contribution in [3.8, 4) is 34.1 Å². The Morgan fingerprint density at radius 3 is 2.42 bits per heavy atom. The molecule has 1 N–H and O–H groups in total. The standard InChI is InChI=1S/C19H12F2N2O3/c20-19(21)25-13-4-1-11(2-5-13)16-9-15-18(26-16)14(7-8-22-15)12-3-6-17(24)23-10-12/h1-10,19H,(H,23,24). The molecule has 4 rings (SSSR count). The summed E-state index contributed by atoms with van der Waals surface area (Å²) in [5, 5.41) is 9.34. The van der Waals surface area contributed by atoms with Gasteiger partial charge in [-0.25, -0.2) is 4.98 Å². The Bertz CT molecular complexity index is 1040. The van der Waals surface area contributed by atoms with E-state index in [1.54, 1.807) is 42.7 Å². The summed E-state index contributed by atoms with van der Waals surface area (Å²) in [6.45, 7) is -2.86. The van der Waals surface area contributed by atoms with Crippen LogP contribution < -0.4 is 4.74 Å². The first-order valence-electron chi connectivity index (χ1n) is 7.69. The van der Waals surface area contributed by atoms with Crippen LogP contribution in [0.15, 0.2) is 65.3 Å². The molecule has 0 saturated heterocycles. The van der Waals surface area contributed by atoms with Crippen LogP contribution >= 0.6 is 0 Å². The van der Waals surface area contributed by atoms with Crippen molar-refractivity contribution in [1.29, 1.82) is 0 Å². The summed E-state index contributed by atoms with van der Waals surface area (Å²) >= 11 is 0. The van der Waals surface area contributed by atoms with E-state index in [1.165, 1.54) is 18.2 Å². The molecule has 0 amide bonds. The monoisotopic (exact) mass is 354 g/mol. The minimum Gasteiger partial charge on any atom is -0.493 e. The molecule has 0 bridgehead atoms. The SMILES string of the molecule is Oc1ccc(-c2ccnc3cc(-c4ccc(OC(F)F)cc4)oc23)cn1. The number of ether oxygens (including phenoxy) is 1. The van der Waals surface area contributed by atoms with Crippen LogP contribution in [0.4, 0.5) is 8.78 Å². The topological polar surface area (TPSA) is 68.4 Å². The predicted molar refractivity (Wildman–Crippen MR) is 91.0 cm³/mol. The molecule has 0 spiro atoms. The van der Waals surface area contributed by atoms with Crippen LogP contribution in [0.1, 0.15) is 0 Å². The van der Waals surface area contributed by atoms with E-state index in [9.17, 15) is 13.9 Å². The number of halogens is 2. The summed E-state index contributed by atoms with van der Waals surface area (Å²) in [6, 6.07) is 13.0. The number of rotatable bonds is 4. The number of aromatic nitrogens is 2. The van der Waals surface area contributed by atoms with Gasteiger partial charge in [0.2, 0.25) is 5.88 Å². The molecule has 5 nitrogen and oxygen atoms in total. The van der Waals surface area contributed by atoms with Crippen LogP contribution in [0, 0.1) is 0 Å². The van der Waals surface area contributed by atoms with Crippen molar-refractivity contribution in [2.24, 2.45) is 0 Å². The van der Waals surface area contributed by atoms with Gasteiger partial charge >= 0.3 is 6.61 Å². The van der Waals surface area contributed by atoms with Crippen LogP contribution in [-0.4, -0.2) is 21.7 Å². The van der Waals surface area contributed by atoms with Crippen molar-refractivity contribution in [1.82, 2.24) is 9.97 Å². The largest absolute Gasteiger partial charge is 0.493 e. The Kier molecular flexibility index (Phi) is 3.96. The van der Waals surface area contributed by atoms with E-state index in [4.69, 9.17) is 4.42 Å². The molecule has 0 radical (unpaired) electrons. The maximum atomic E-state index is 12.2. The molecule has 0 unspecified atom stereocenters. The zero-order chi connectivity index (χ0) is 18.1. The quantitative estimate of drug-likeness (QED) is 0.567. The third-order valence-electron chi connectivity index (χ3n) is 3.83. The highest BCUT2D eigenvalue weighted by atomic mass is 19.3. The summed E-state index contributed by atoms with van der Waals surface area (Å²) in [5.74, 6) is 0.564. The Morgan fingerprint density at radius 2 is 1.73 bits per heavy atom. The van der Waals surface area contributed by atoms with Crippen LogP contribution in [0.2, 0.25) is 0 Å². The van der Waals surface area contributed by atoms with Crippen LogP contribution in [0.25, 0.3) is 33.6 Å². The number of nitrogens with zero attached hydrogens (tertiary/aromatic N) is 2. The molecule has 130 valence electrons. The molecule has 3 heterocycles. The summed E-state index contributed by atoms with van der Waals surface area (Å²) < 4.78 is 34.8. The molecule has 0 saturated carbocycles. The molecule has 0 aliphatic rings. The molecular formula is C19H12F2N2O3. The van der Waals surface area contributed by atoms with E-state index in [0.29, 0.717) is 22.4 Å². The van der Waals surface area contributed by atoms with Crippen LogP contribution in [0.3, 0.4) is 0 Å². The molecule has 0 atom stereocenters. The first-order chi connectivity index (χ1) is 12.6. The Labute approximate surface area is 146 Å². The lowest BCUT2D eigenvalue weighted by Gasteiger charge is -2.04. The lowest BCUT2D eigenvalue weighted by Crippen LogP contribution is -2.01. The number of hydrogen-bond acceptors (Lipinski definition) is 5. The van der Waals surface area contributed by atoms with Gasteiger partial charge in [0.15, 0.2) is 5.58 Å². The van der Waals surface area contributed by atoms with E-state index in [-0.39, 0.29) is 11.6 Å². The second-order valence-corrected chi connectivity index (χ2v) is 5.49.